The fourth-order valence-electron chi connectivity index (χ4n) is 3.81. The van der Waals surface area contributed by atoms with Gasteiger partial charge in [-0.15, -0.1) is 0 Å². The van der Waals surface area contributed by atoms with E-state index in [1.165, 1.54) is 18.3 Å². The van der Waals surface area contributed by atoms with Crippen molar-refractivity contribution >= 4 is 28.6 Å². The Hall–Kier alpha value is -3.21. The Morgan fingerprint density at radius 1 is 0.929 bits per heavy atom. The van der Waals surface area contributed by atoms with Gasteiger partial charge in [0.15, 0.2) is 0 Å². The highest BCUT2D eigenvalue weighted by Crippen LogP contribution is 2.23. The molecule has 0 aromatic heterocycles. The van der Waals surface area contributed by atoms with Crippen LogP contribution >= 0.6 is 0 Å². The van der Waals surface area contributed by atoms with Crippen LogP contribution in [-0.4, -0.2) is 43.2 Å². The maximum absolute atomic E-state index is 13.1. The highest BCUT2D eigenvalue weighted by atomic mass is 19.1. The van der Waals surface area contributed by atoms with Crippen molar-refractivity contribution in [3.8, 4) is 0 Å². The van der Waals surface area contributed by atoms with Gasteiger partial charge in [0.25, 0.3) is 0 Å². The van der Waals surface area contributed by atoms with E-state index < -0.39 is 0 Å². The summed E-state index contributed by atoms with van der Waals surface area (Å²) in [4.78, 5) is 16.9. The van der Waals surface area contributed by atoms with Crippen LogP contribution in [0.3, 0.4) is 0 Å². The summed E-state index contributed by atoms with van der Waals surface area (Å²) in [5.74, 6) is -0.120. The molecule has 0 atom stereocenters. The van der Waals surface area contributed by atoms with E-state index in [2.05, 4.69) is 4.90 Å². The smallest absolute Gasteiger partial charge is 0.227 e. The highest BCUT2D eigenvalue weighted by Gasteiger charge is 2.22. The molecule has 0 aliphatic carbocycles. The normalized spacial score (nSPS) is 14.3. The van der Waals surface area contributed by atoms with Crippen molar-refractivity contribution in [3.63, 3.8) is 0 Å². The van der Waals surface area contributed by atoms with Crippen molar-refractivity contribution in [2.24, 2.45) is 0 Å². The molecule has 1 saturated heterocycles. The monoisotopic (exact) mass is 375 g/mol. The number of nitrogens with one attached hydrogen (secondary N) is 1. The van der Waals surface area contributed by atoms with Crippen molar-refractivity contribution in [1.29, 1.82) is 5.41 Å². The Kier molecular flexibility index (Phi) is 5.06. The Morgan fingerprint density at radius 2 is 1.61 bits per heavy atom. The van der Waals surface area contributed by atoms with Crippen LogP contribution in [0.4, 0.5) is 10.1 Å². The first-order chi connectivity index (χ1) is 13.7. The van der Waals surface area contributed by atoms with E-state index in [0.29, 0.717) is 19.5 Å². The molecule has 1 heterocycles. The minimum Gasteiger partial charge on any atom is -0.368 e. The first-order valence-electron chi connectivity index (χ1n) is 9.45. The SMILES string of the molecule is N=Cc1ccc(CC(=O)N2CCN(c3ccc(F)cc3)CC2)c2ccccc12. The van der Waals surface area contributed by atoms with E-state index in [1.807, 2.05) is 41.3 Å². The molecule has 1 aliphatic heterocycles. The highest BCUT2D eigenvalue weighted by molar-refractivity contribution is 6.01. The van der Waals surface area contributed by atoms with E-state index in [1.54, 1.807) is 12.1 Å². The summed E-state index contributed by atoms with van der Waals surface area (Å²) in [5, 5.41) is 9.61. The number of fused-ring (bicyclic) bond motifs is 1. The van der Waals surface area contributed by atoms with Crippen LogP contribution in [0, 0.1) is 11.2 Å². The summed E-state index contributed by atoms with van der Waals surface area (Å²) >= 11 is 0. The van der Waals surface area contributed by atoms with Gasteiger partial charge in [0.1, 0.15) is 5.82 Å². The fourth-order valence-corrected chi connectivity index (χ4v) is 3.81. The zero-order valence-electron chi connectivity index (χ0n) is 15.6. The number of benzene rings is 3. The van der Waals surface area contributed by atoms with Crippen LogP contribution in [-0.2, 0) is 11.2 Å². The molecular formula is C23H22FN3O. The molecule has 1 aliphatic rings. The molecule has 3 aromatic rings. The number of hydrogen-bond donors (Lipinski definition) is 1. The average molecular weight is 375 g/mol. The van der Waals surface area contributed by atoms with E-state index in [0.717, 1.165) is 40.7 Å². The molecule has 4 rings (SSSR count). The molecular weight excluding hydrogens is 353 g/mol. The molecule has 1 N–H and O–H groups in total. The van der Waals surface area contributed by atoms with Crippen molar-refractivity contribution < 1.29 is 9.18 Å². The fraction of sp³-hybridized carbons (Fsp3) is 0.217. The number of rotatable bonds is 4. The number of amides is 1. The third-order valence-electron chi connectivity index (χ3n) is 5.37. The molecule has 1 amide bonds. The molecule has 0 bridgehead atoms. The molecule has 142 valence electrons. The molecule has 0 saturated carbocycles. The number of hydrogen-bond acceptors (Lipinski definition) is 3. The Balaban J connectivity index is 1.45. The number of piperazine rings is 1. The Bertz CT molecular complexity index is 1010. The summed E-state index contributed by atoms with van der Waals surface area (Å²) < 4.78 is 13.1. The van der Waals surface area contributed by atoms with Gasteiger partial charge in [-0.2, -0.15) is 0 Å². The van der Waals surface area contributed by atoms with Crippen LogP contribution in [0.5, 0.6) is 0 Å². The second kappa shape index (κ2) is 7.80. The number of anilines is 1. The van der Waals surface area contributed by atoms with Gasteiger partial charge in [-0.25, -0.2) is 4.39 Å². The van der Waals surface area contributed by atoms with E-state index in [-0.39, 0.29) is 11.7 Å². The van der Waals surface area contributed by atoms with Crippen molar-refractivity contribution in [1.82, 2.24) is 4.90 Å². The largest absolute Gasteiger partial charge is 0.368 e. The lowest BCUT2D eigenvalue weighted by Crippen LogP contribution is -2.49. The van der Waals surface area contributed by atoms with Gasteiger partial charge < -0.3 is 15.2 Å². The van der Waals surface area contributed by atoms with Gasteiger partial charge in [-0.05, 0) is 46.2 Å². The second-order valence-corrected chi connectivity index (χ2v) is 7.02. The third kappa shape index (κ3) is 3.60. The lowest BCUT2D eigenvalue weighted by atomic mass is 9.98. The molecule has 0 spiro atoms. The maximum atomic E-state index is 13.1. The number of carbonyl (C=O) groups is 1. The molecule has 1 fully saturated rings. The van der Waals surface area contributed by atoms with Crippen LogP contribution in [0.25, 0.3) is 10.8 Å². The average Bonchev–Trinajstić information content (AvgIpc) is 2.74. The van der Waals surface area contributed by atoms with Gasteiger partial charge in [-0.3, -0.25) is 4.79 Å². The van der Waals surface area contributed by atoms with Gasteiger partial charge in [0.05, 0.1) is 6.42 Å². The molecule has 5 heteroatoms. The van der Waals surface area contributed by atoms with Gasteiger partial charge in [0, 0.05) is 38.1 Å². The van der Waals surface area contributed by atoms with Crippen molar-refractivity contribution in [2.75, 3.05) is 31.1 Å². The van der Waals surface area contributed by atoms with Gasteiger partial charge >= 0.3 is 0 Å². The lowest BCUT2D eigenvalue weighted by molar-refractivity contribution is -0.130. The predicted molar refractivity (Wildman–Crippen MR) is 111 cm³/mol. The van der Waals surface area contributed by atoms with E-state index in [4.69, 9.17) is 5.41 Å². The summed E-state index contributed by atoms with van der Waals surface area (Å²) in [6.07, 6.45) is 1.71. The maximum Gasteiger partial charge on any atom is 0.227 e. The summed E-state index contributed by atoms with van der Waals surface area (Å²) in [5.41, 5.74) is 2.84. The van der Waals surface area contributed by atoms with E-state index in [9.17, 15) is 9.18 Å². The summed E-state index contributed by atoms with van der Waals surface area (Å²) in [6.45, 7) is 2.80. The van der Waals surface area contributed by atoms with Crippen LogP contribution in [0.2, 0.25) is 0 Å². The summed E-state index contributed by atoms with van der Waals surface area (Å²) in [6, 6.07) is 18.3. The Morgan fingerprint density at radius 3 is 2.29 bits per heavy atom. The predicted octanol–water partition coefficient (Wildman–Crippen LogP) is 3.87. The quantitative estimate of drug-likeness (QED) is 0.704. The zero-order valence-corrected chi connectivity index (χ0v) is 15.6. The molecule has 3 aromatic carbocycles. The van der Waals surface area contributed by atoms with E-state index >= 15 is 0 Å². The topological polar surface area (TPSA) is 47.4 Å². The third-order valence-corrected chi connectivity index (χ3v) is 5.37. The van der Waals surface area contributed by atoms with Crippen molar-refractivity contribution in [2.45, 2.75) is 6.42 Å². The summed E-state index contributed by atoms with van der Waals surface area (Å²) in [7, 11) is 0. The lowest BCUT2D eigenvalue weighted by Gasteiger charge is -2.36. The Labute approximate surface area is 163 Å². The second-order valence-electron chi connectivity index (χ2n) is 7.02. The zero-order chi connectivity index (χ0) is 19.5. The number of halogens is 1. The molecule has 28 heavy (non-hydrogen) atoms. The first-order valence-corrected chi connectivity index (χ1v) is 9.45. The van der Waals surface area contributed by atoms with Gasteiger partial charge in [-0.1, -0.05) is 36.4 Å². The molecule has 0 unspecified atom stereocenters. The number of carbonyl (C=O) groups excluding carboxylic acids is 1. The minimum atomic E-state index is -0.237. The number of nitrogens with zero attached hydrogens (tertiary/aromatic N) is 2. The minimum absolute atomic E-state index is 0.117. The van der Waals surface area contributed by atoms with Gasteiger partial charge in [0.2, 0.25) is 5.91 Å². The molecule has 0 radical (unpaired) electrons. The molecule has 4 nitrogen and oxygen atoms in total. The van der Waals surface area contributed by atoms with Crippen LogP contribution < -0.4 is 4.90 Å². The van der Waals surface area contributed by atoms with Crippen molar-refractivity contribution in [3.05, 3.63) is 77.6 Å². The standard InChI is InChI=1S/C23H22FN3O/c24-19-7-9-20(10-8-19)26-11-13-27(14-12-26)23(28)15-17-5-6-18(16-25)22-4-2-1-3-21(17)22/h1-10,16,25H,11-15H2. The van der Waals surface area contributed by atoms with Crippen LogP contribution in [0.1, 0.15) is 11.1 Å². The van der Waals surface area contributed by atoms with Crippen LogP contribution in [0.15, 0.2) is 60.7 Å². The first kappa shape index (κ1) is 18.2.